The number of hydrogen-bond donors (Lipinski definition) is 3. The van der Waals surface area contributed by atoms with E-state index in [2.05, 4.69) is 22.3 Å². The lowest BCUT2D eigenvalue weighted by Gasteiger charge is -2.06. The monoisotopic (exact) mass is 259 g/mol. The predicted molar refractivity (Wildman–Crippen MR) is 68.5 cm³/mol. The molecular formula is C9H13N3O2S2. The summed E-state index contributed by atoms with van der Waals surface area (Å²) in [4.78, 5) is 0. The van der Waals surface area contributed by atoms with E-state index in [1.54, 1.807) is 24.3 Å². The molecule has 1 aromatic rings. The van der Waals surface area contributed by atoms with Crippen LogP contribution in [-0.2, 0) is 16.6 Å². The highest BCUT2D eigenvalue weighted by atomic mass is 32.2. The molecule has 7 heteroatoms. The fourth-order valence-corrected chi connectivity index (χ4v) is 1.73. The summed E-state index contributed by atoms with van der Waals surface area (Å²) in [5.74, 6) is 0. The van der Waals surface area contributed by atoms with Gasteiger partial charge in [-0.2, -0.15) is 0 Å². The largest absolute Gasteiger partial charge is 0.376 e. The van der Waals surface area contributed by atoms with Crippen LogP contribution in [0, 0.1) is 0 Å². The minimum atomic E-state index is -3.22. The molecule has 4 N–H and O–H groups in total. The summed E-state index contributed by atoms with van der Waals surface area (Å²) in [5.41, 5.74) is 6.78. The Bertz CT molecular complexity index is 468. The van der Waals surface area contributed by atoms with Crippen LogP contribution in [0.4, 0.5) is 5.69 Å². The molecule has 0 unspecified atom stereocenters. The van der Waals surface area contributed by atoms with Gasteiger partial charge in [-0.05, 0) is 29.9 Å². The standard InChI is InChI=1S/C9H13N3O2S2/c1-16(13,14)12-8-4-2-7(3-5-8)6-11-9(10)15/h2-5,12H,6H2,1H3,(H3,10,11,15). The van der Waals surface area contributed by atoms with Crippen molar-refractivity contribution in [1.29, 1.82) is 0 Å². The van der Waals surface area contributed by atoms with E-state index in [1.165, 1.54) is 0 Å². The van der Waals surface area contributed by atoms with Gasteiger partial charge >= 0.3 is 0 Å². The van der Waals surface area contributed by atoms with Crippen LogP contribution in [0.2, 0.25) is 0 Å². The first kappa shape index (κ1) is 12.7. The molecule has 0 saturated carbocycles. The van der Waals surface area contributed by atoms with Crippen molar-refractivity contribution in [3.8, 4) is 0 Å². The van der Waals surface area contributed by atoms with Crippen LogP contribution in [-0.4, -0.2) is 19.8 Å². The van der Waals surface area contributed by atoms with Gasteiger partial charge in [-0.25, -0.2) is 8.42 Å². The molecule has 5 nitrogen and oxygen atoms in total. The summed E-state index contributed by atoms with van der Waals surface area (Å²) in [6, 6.07) is 6.94. The average molecular weight is 259 g/mol. The Labute approximate surface area is 100 Å². The van der Waals surface area contributed by atoms with Gasteiger partial charge in [-0.15, -0.1) is 0 Å². The topological polar surface area (TPSA) is 84.2 Å². The van der Waals surface area contributed by atoms with Crippen molar-refractivity contribution in [2.45, 2.75) is 6.54 Å². The van der Waals surface area contributed by atoms with E-state index in [-0.39, 0.29) is 5.11 Å². The summed E-state index contributed by atoms with van der Waals surface area (Å²) in [6.07, 6.45) is 1.11. The summed E-state index contributed by atoms with van der Waals surface area (Å²) >= 11 is 4.67. The van der Waals surface area contributed by atoms with Crippen LogP contribution >= 0.6 is 12.2 Å². The van der Waals surface area contributed by atoms with E-state index >= 15 is 0 Å². The number of hydrogen-bond acceptors (Lipinski definition) is 3. The molecule has 0 aliphatic heterocycles. The highest BCUT2D eigenvalue weighted by Gasteiger charge is 2.01. The molecule has 0 fully saturated rings. The van der Waals surface area contributed by atoms with Crippen molar-refractivity contribution in [3.63, 3.8) is 0 Å². The molecule has 0 aliphatic rings. The number of anilines is 1. The maximum Gasteiger partial charge on any atom is 0.229 e. The molecular weight excluding hydrogens is 246 g/mol. The molecule has 1 aromatic carbocycles. The molecule has 0 atom stereocenters. The average Bonchev–Trinajstić information content (AvgIpc) is 2.14. The quantitative estimate of drug-likeness (QED) is 0.681. The van der Waals surface area contributed by atoms with Crippen LogP contribution in [0.5, 0.6) is 0 Å². The summed E-state index contributed by atoms with van der Waals surface area (Å²) in [6.45, 7) is 0.522. The van der Waals surface area contributed by atoms with Gasteiger partial charge in [0.15, 0.2) is 5.11 Å². The van der Waals surface area contributed by atoms with Crippen LogP contribution in [0.25, 0.3) is 0 Å². The number of benzene rings is 1. The van der Waals surface area contributed by atoms with Gasteiger partial charge in [-0.1, -0.05) is 12.1 Å². The smallest absolute Gasteiger partial charge is 0.229 e. The van der Waals surface area contributed by atoms with Gasteiger partial charge in [0.1, 0.15) is 0 Å². The first-order chi connectivity index (χ1) is 7.37. The molecule has 0 radical (unpaired) electrons. The third-order valence-electron chi connectivity index (χ3n) is 1.72. The Morgan fingerprint density at radius 1 is 1.38 bits per heavy atom. The second-order valence-corrected chi connectivity index (χ2v) is 5.48. The lowest BCUT2D eigenvalue weighted by Crippen LogP contribution is -2.28. The molecule has 0 saturated heterocycles. The minimum Gasteiger partial charge on any atom is -0.376 e. The number of rotatable bonds is 4. The molecule has 16 heavy (non-hydrogen) atoms. The molecule has 0 heterocycles. The van der Waals surface area contributed by atoms with E-state index in [0.29, 0.717) is 12.2 Å². The maximum absolute atomic E-state index is 10.9. The lowest BCUT2D eigenvalue weighted by molar-refractivity contribution is 0.607. The second-order valence-electron chi connectivity index (χ2n) is 3.29. The first-order valence-electron chi connectivity index (χ1n) is 4.47. The second kappa shape index (κ2) is 5.13. The van der Waals surface area contributed by atoms with Crippen LogP contribution < -0.4 is 15.8 Å². The molecule has 0 aliphatic carbocycles. The Morgan fingerprint density at radius 2 is 1.94 bits per heavy atom. The van der Waals surface area contributed by atoms with Crippen LogP contribution in [0.1, 0.15) is 5.56 Å². The summed E-state index contributed by atoms with van der Waals surface area (Å²) in [7, 11) is -3.22. The fraction of sp³-hybridized carbons (Fsp3) is 0.222. The van der Waals surface area contributed by atoms with E-state index < -0.39 is 10.0 Å². The van der Waals surface area contributed by atoms with Gasteiger partial charge < -0.3 is 11.1 Å². The molecule has 0 spiro atoms. The van der Waals surface area contributed by atoms with Gasteiger partial charge in [0, 0.05) is 12.2 Å². The highest BCUT2D eigenvalue weighted by molar-refractivity contribution is 7.92. The van der Waals surface area contributed by atoms with E-state index in [9.17, 15) is 8.42 Å². The minimum absolute atomic E-state index is 0.235. The summed E-state index contributed by atoms with van der Waals surface area (Å²) in [5, 5.41) is 3.03. The van der Waals surface area contributed by atoms with Gasteiger partial charge in [0.05, 0.1) is 6.26 Å². The third kappa shape index (κ3) is 4.94. The predicted octanol–water partition coefficient (Wildman–Crippen LogP) is 0.391. The SMILES string of the molecule is CS(=O)(=O)Nc1ccc(CNC(N)=S)cc1. The molecule has 0 amide bonds. The Kier molecular flexibility index (Phi) is 4.08. The van der Waals surface area contributed by atoms with Gasteiger partial charge in [0.2, 0.25) is 10.0 Å². The molecule has 0 aromatic heterocycles. The van der Waals surface area contributed by atoms with E-state index in [1.807, 2.05) is 0 Å². The third-order valence-corrected chi connectivity index (χ3v) is 2.47. The lowest BCUT2D eigenvalue weighted by atomic mass is 10.2. The van der Waals surface area contributed by atoms with Crippen molar-refractivity contribution in [1.82, 2.24) is 5.32 Å². The number of nitrogens with two attached hydrogens (primary N) is 1. The zero-order valence-electron chi connectivity index (χ0n) is 8.73. The zero-order chi connectivity index (χ0) is 12.2. The number of thiocarbonyl (C=S) groups is 1. The summed E-state index contributed by atoms with van der Waals surface area (Å²) < 4.78 is 24.3. The van der Waals surface area contributed by atoms with E-state index in [4.69, 9.17) is 5.73 Å². The van der Waals surface area contributed by atoms with Crippen LogP contribution in [0.3, 0.4) is 0 Å². The van der Waals surface area contributed by atoms with Crippen molar-refractivity contribution in [3.05, 3.63) is 29.8 Å². The molecule has 1 rings (SSSR count). The van der Waals surface area contributed by atoms with Gasteiger partial charge in [0.25, 0.3) is 0 Å². The Balaban J connectivity index is 2.64. The molecule has 88 valence electrons. The number of nitrogens with one attached hydrogen (secondary N) is 2. The highest BCUT2D eigenvalue weighted by Crippen LogP contribution is 2.10. The fourth-order valence-electron chi connectivity index (χ4n) is 1.09. The van der Waals surface area contributed by atoms with E-state index in [0.717, 1.165) is 11.8 Å². The normalized spacial score (nSPS) is 10.8. The van der Waals surface area contributed by atoms with Crippen molar-refractivity contribution < 1.29 is 8.42 Å². The van der Waals surface area contributed by atoms with Crippen molar-refractivity contribution in [2.75, 3.05) is 11.0 Å². The van der Waals surface area contributed by atoms with Crippen molar-refractivity contribution in [2.24, 2.45) is 5.73 Å². The maximum atomic E-state index is 10.9. The van der Waals surface area contributed by atoms with Crippen molar-refractivity contribution >= 4 is 33.0 Å². The number of sulfonamides is 1. The Morgan fingerprint density at radius 3 is 2.38 bits per heavy atom. The van der Waals surface area contributed by atoms with Crippen LogP contribution in [0.15, 0.2) is 24.3 Å². The van der Waals surface area contributed by atoms with Gasteiger partial charge in [-0.3, -0.25) is 4.72 Å². The molecule has 0 bridgehead atoms. The zero-order valence-corrected chi connectivity index (χ0v) is 10.4. The Hall–Kier alpha value is -1.34. The first-order valence-corrected chi connectivity index (χ1v) is 6.77.